The third kappa shape index (κ3) is 5.74. The van der Waals surface area contributed by atoms with Crippen molar-refractivity contribution in [2.75, 3.05) is 12.4 Å². The zero-order valence-electron chi connectivity index (χ0n) is 13.6. The van der Waals surface area contributed by atoms with Gasteiger partial charge in [-0.25, -0.2) is 0 Å². The van der Waals surface area contributed by atoms with Crippen LogP contribution >= 0.6 is 50.9 Å². The highest BCUT2D eigenvalue weighted by atomic mass is 79.9. The topological polar surface area (TPSA) is 43.4 Å². The summed E-state index contributed by atoms with van der Waals surface area (Å²) in [5.41, 5.74) is 2.44. The number of carbonyl (C=O) groups is 2. The molecule has 0 aliphatic carbocycles. The summed E-state index contributed by atoms with van der Waals surface area (Å²) in [6.45, 7) is 3.61. The summed E-state index contributed by atoms with van der Waals surface area (Å²) in [4.78, 5) is 25.0. The van der Waals surface area contributed by atoms with Crippen LogP contribution in [0.25, 0.3) is 0 Å². The summed E-state index contributed by atoms with van der Waals surface area (Å²) in [5.74, 6) is -0.692. The standard InChI is InChI=1S/C18H15BrCl2O3S/c1-10-6-17(11(2)5-14(10)19)25-9-18(23)24-8-16(22)13-4-3-12(20)7-15(13)21/h3-7H,8-9H2,1-2H3. The molecule has 0 amide bonds. The number of halogens is 3. The summed E-state index contributed by atoms with van der Waals surface area (Å²) in [6, 6.07) is 8.58. The second-order valence-corrected chi connectivity index (χ2v) is 8.08. The summed E-state index contributed by atoms with van der Waals surface area (Å²) in [5, 5.41) is 0.680. The van der Waals surface area contributed by atoms with Gasteiger partial charge in [0.05, 0.1) is 10.8 Å². The van der Waals surface area contributed by atoms with Crippen molar-refractivity contribution in [2.45, 2.75) is 18.7 Å². The zero-order valence-corrected chi connectivity index (χ0v) is 17.5. The largest absolute Gasteiger partial charge is 0.457 e. The van der Waals surface area contributed by atoms with Crippen molar-refractivity contribution >= 4 is 62.6 Å². The van der Waals surface area contributed by atoms with Crippen molar-refractivity contribution in [3.63, 3.8) is 0 Å². The second kappa shape index (κ2) is 9.08. The van der Waals surface area contributed by atoms with Crippen LogP contribution in [0.5, 0.6) is 0 Å². The Morgan fingerprint density at radius 1 is 1.12 bits per heavy atom. The molecule has 132 valence electrons. The Bertz CT molecular complexity index is 824. The first-order valence-electron chi connectivity index (χ1n) is 7.31. The number of benzene rings is 2. The molecule has 0 aromatic heterocycles. The molecular weight excluding hydrogens is 447 g/mol. The van der Waals surface area contributed by atoms with E-state index in [0.29, 0.717) is 5.02 Å². The number of esters is 1. The van der Waals surface area contributed by atoms with E-state index in [1.165, 1.54) is 23.9 Å². The molecule has 0 heterocycles. The first-order valence-corrected chi connectivity index (χ1v) is 9.85. The number of Topliss-reactive ketones (excluding diaryl/α,β-unsaturated/α-hetero) is 1. The fraction of sp³-hybridized carbons (Fsp3) is 0.222. The van der Waals surface area contributed by atoms with Gasteiger partial charge in [0.25, 0.3) is 0 Å². The Morgan fingerprint density at radius 3 is 2.52 bits per heavy atom. The summed E-state index contributed by atoms with van der Waals surface area (Å²) >= 11 is 16.6. The Balaban J connectivity index is 1.88. The van der Waals surface area contributed by atoms with E-state index in [2.05, 4.69) is 15.9 Å². The minimum absolute atomic E-state index is 0.129. The highest BCUT2D eigenvalue weighted by Gasteiger charge is 2.14. The van der Waals surface area contributed by atoms with Gasteiger partial charge in [0.2, 0.25) is 5.78 Å². The molecule has 0 aliphatic heterocycles. The van der Waals surface area contributed by atoms with Gasteiger partial charge in [-0.05, 0) is 55.3 Å². The van der Waals surface area contributed by atoms with Crippen LogP contribution < -0.4 is 0 Å². The summed E-state index contributed by atoms with van der Waals surface area (Å²) in [6.07, 6.45) is 0. The predicted octanol–water partition coefficient (Wildman–Crippen LogP) is 5.89. The third-order valence-corrected chi connectivity index (χ3v) is 5.93. The van der Waals surface area contributed by atoms with Crippen LogP contribution in [-0.4, -0.2) is 24.1 Å². The molecule has 0 saturated heterocycles. The molecule has 0 atom stereocenters. The molecule has 2 rings (SSSR count). The van der Waals surface area contributed by atoms with Crippen LogP contribution in [0.2, 0.25) is 10.0 Å². The molecule has 0 radical (unpaired) electrons. The lowest BCUT2D eigenvalue weighted by Gasteiger charge is -2.09. The summed E-state index contributed by atoms with van der Waals surface area (Å²) < 4.78 is 6.08. The molecule has 7 heteroatoms. The molecule has 0 bridgehead atoms. The van der Waals surface area contributed by atoms with E-state index in [-0.39, 0.29) is 28.7 Å². The van der Waals surface area contributed by atoms with Crippen LogP contribution in [0.1, 0.15) is 21.5 Å². The van der Waals surface area contributed by atoms with Crippen LogP contribution in [0.3, 0.4) is 0 Å². The van der Waals surface area contributed by atoms with Crippen molar-refractivity contribution in [1.82, 2.24) is 0 Å². The average Bonchev–Trinajstić information content (AvgIpc) is 2.54. The van der Waals surface area contributed by atoms with Gasteiger partial charge in [-0.3, -0.25) is 9.59 Å². The van der Waals surface area contributed by atoms with Crippen LogP contribution in [-0.2, 0) is 9.53 Å². The van der Waals surface area contributed by atoms with Crippen molar-refractivity contribution in [3.8, 4) is 0 Å². The monoisotopic (exact) mass is 460 g/mol. The fourth-order valence-electron chi connectivity index (χ4n) is 2.03. The van der Waals surface area contributed by atoms with Gasteiger partial charge in [-0.15, -0.1) is 11.8 Å². The average molecular weight is 462 g/mol. The van der Waals surface area contributed by atoms with Gasteiger partial charge in [0.15, 0.2) is 6.61 Å². The van der Waals surface area contributed by atoms with Gasteiger partial charge in [0.1, 0.15) is 0 Å². The molecule has 0 saturated carbocycles. The molecule has 25 heavy (non-hydrogen) atoms. The van der Waals surface area contributed by atoms with Crippen LogP contribution in [0, 0.1) is 13.8 Å². The van der Waals surface area contributed by atoms with E-state index in [0.717, 1.165) is 20.5 Å². The Morgan fingerprint density at radius 2 is 1.84 bits per heavy atom. The van der Waals surface area contributed by atoms with Gasteiger partial charge < -0.3 is 4.74 Å². The maximum atomic E-state index is 12.1. The molecule has 2 aromatic carbocycles. The fourth-order valence-corrected chi connectivity index (χ4v) is 3.90. The number of hydrogen-bond donors (Lipinski definition) is 0. The normalized spacial score (nSPS) is 10.6. The van der Waals surface area contributed by atoms with E-state index < -0.39 is 5.97 Å². The van der Waals surface area contributed by atoms with Crippen LogP contribution in [0.4, 0.5) is 0 Å². The van der Waals surface area contributed by atoms with Gasteiger partial charge in [0, 0.05) is 20.0 Å². The van der Waals surface area contributed by atoms with Crippen LogP contribution in [0.15, 0.2) is 39.7 Å². The second-order valence-electron chi connectivity index (χ2n) is 5.36. The SMILES string of the molecule is Cc1cc(SCC(=O)OCC(=O)c2ccc(Cl)cc2Cl)c(C)cc1Br. The molecule has 0 aliphatic rings. The highest BCUT2D eigenvalue weighted by molar-refractivity contribution is 9.10. The minimum Gasteiger partial charge on any atom is -0.457 e. The molecule has 0 N–H and O–H groups in total. The molecule has 0 fully saturated rings. The first-order chi connectivity index (χ1) is 11.8. The van der Waals surface area contributed by atoms with E-state index in [1.807, 2.05) is 26.0 Å². The number of ether oxygens (including phenoxy) is 1. The van der Waals surface area contributed by atoms with E-state index in [4.69, 9.17) is 27.9 Å². The number of hydrogen-bond acceptors (Lipinski definition) is 4. The molecular formula is C18H15BrCl2O3S. The maximum Gasteiger partial charge on any atom is 0.316 e. The molecule has 0 spiro atoms. The zero-order chi connectivity index (χ0) is 18.6. The molecule has 0 unspecified atom stereocenters. The Hall–Kier alpha value is -1.01. The van der Waals surface area contributed by atoms with E-state index in [9.17, 15) is 9.59 Å². The lowest BCUT2D eigenvalue weighted by Crippen LogP contribution is -2.16. The number of carbonyl (C=O) groups excluding carboxylic acids is 2. The number of ketones is 1. The summed E-state index contributed by atoms with van der Waals surface area (Å²) in [7, 11) is 0. The smallest absolute Gasteiger partial charge is 0.316 e. The van der Waals surface area contributed by atoms with Crippen molar-refractivity contribution < 1.29 is 14.3 Å². The Labute approximate surface area is 169 Å². The van der Waals surface area contributed by atoms with E-state index >= 15 is 0 Å². The quantitative estimate of drug-likeness (QED) is 0.305. The van der Waals surface area contributed by atoms with Gasteiger partial charge in [-0.1, -0.05) is 39.1 Å². The minimum atomic E-state index is -0.455. The number of thioether (sulfide) groups is 1. The lowest BCUT2D eigenvalue weighted by atomic mass is 10.1. The van der Waals surface area contributed by atoms with Crippen molar-refractivity contribution in [1.29, 1.82) is 0 Å². The van der Waals surface area contributed by atoms with E-state index in [1.54, 1.807) is 6.07 Å². The van der Waals surface area contributed by atoms with Gasteiger partial charge in [-0.2, -0.15) is 0 Å². The first kappa shape index (κ1) is 20.3. The number of rotatable bonds is 6. The third-order valence-electron chi connectivity index (χ3n) is 3.40. The van der Waals surface area contributed by atoms with Crippen molar-refractivity contribution in [2.24, 2.45) is 0 Å². The highest BCUT2D eigenvalue weighted by Crippen LogP contribution is 2.28. The Kier molecular flexibility index (Phi) is 7.37. The molecule has 3 nitrogen and oxygen atoms in total. The van der Waals surface area contributed by atoms with Crippen molar-refractivity contribution in [3.05, 3.63) is 61.5 Å². The molecule has 2 aromatic rings. The lowest BCUT2D eigenvalue weighted by molar-refractivity contribution is -0.139. The van der Waals surface area contributed by atoms with Gasteiger partial charge >= 0.3 is 5.97 Å². The predicted molar refractivity (Wildman–Crippen MR) is 106 cm³/mol. The maximum absolute atomic E-state index is 12.1. The number of aryl methyl sites for hydroxylation is 2.